The smallest absolute Gasteiger partial charge is 0.252 e. The van der Waals surface area contributed by atoms with Gasteiger partial charge >= 0.3 is 0 Å². The summed E-state index contributed by atoms with van der Waals surface area (Å²) in [6.45, 7) is 7.57. The van der Waals surface area contributed by atoms with E-state index in [1.54, 1.807) is 30.1 Å². The van der Waals surface area contributed by atoms with E-state index in [0.29, 0.717) is 17.8 Å². The number of carbonyl (C=O) groups is 1. The third-order valence-electron chi connectivity index (χ3n) is 5.21. The van der Waals surface area contributed by atoms with Gasteiger partial charge in [-0.15, -0.1) is 0 Å². The topological polar surface area (TPSA) is 135 Å². The van der Waals surface area contributed by atoms with Gasteiger partial charge in [0.25, 0.3) is 5.91 Å². The molecule has 3 heterocycles. The molecule has 4 N–H and O–H groups in total. The van der Waals surface area contributed by atoms with Crippen LogP contribution in [0.5, 0.6) is 0 Å². The molecule has 3 aromatic rings. The van der Waals surface area contributed by atoms with Gasteiger partial charge in [0.2, 0.25) is 0 Å². The normalized spacial score (nSPS) is 12.6. The molecule has 9 nitrogen and oxygen atoms in total. The van der Waals surface area contributed by atoms with Gasteiger partial charge in [-0.3, -0.25) is 9.78 Å². The van der Waals surface area contributed by atoms with Crippen LogP contribution in [-0.4, -0.2) is 31.7 Å². The van der Waals surface area contributed by atoms with Gasteiger partial charge in [0.15, 0.2) is 11.6 Å². The number of carbonyl (C=O) groups excluding carboxylic acids is 1. The first kappa shape index (κ1) is 23.7. The van der Waals surface area contributed by atoms with Crippen LogP contribution in [0.25, 0.3) is 5.69 Å². The SMILES string of the molecule is CCCC(Nc1nc(Nc2cncc(-n3nc(C)cc3C)c2)c(C(N)=O)cc1F)[C@H](C)C#N. The molecular formula is C23H27FN8O. The maximum Gasteiger partial charge on any atom is 0.252 e. The lowest BCUT2D eigenvalue weighted by Gasteiger charge is -2.22. The molecule has 1 unspecified atom stereocenters. The molecule has 0 bridgehead atoms. The van der Waals surface area contributed by atoms with Crippen LogP contribution in [0.4, 0.5) is 21.7 Å². The summed E-state index contributed by atoms with van der Waals surface area (Å²) < 4.78 is 16.5. The molecule has 3 aromatic heterocycles. The summed E-state index contributed by atoms with van der Waals surface area (Å²) in [6.07, 6.45) is 4.67. The van der Waals surface area contributed by atoms with E-state index >= 15 is 0 Å². The number of anilines is 3. The van der Waals surface area contributed by atoms with Crippen LogP contribution in [0.3, 0.4) is 0 Å². The van der Waals surface area contributed by atoms with Crippen molar-refractivity contribution < 1.29 is 9.18 Å². The maximum atomic E-state index is 14.8. The number of nitrogens with one attached hydrogen (secondary N) is 2. The van der Waals surface area contributed by atoms with Crippen LogP contribution < -0.4 is 16.4 Å². The number of pyridine rings is 2. The summed E-state index contributed by atoms with van der Waals surface area (Å²) >= 11 is 0. The first-order valence-electron chi connectivity index (χ1n) is 10.7. The molecule has 0 radical (unpaired) electrons. The highest BCUT2D eigenvalue weighted by atomic mass is 19.1. The Morgan fingerprint density at radius 3 is 2.64 bits per heavy atom. The number of nitrogens with zero attached hydrogens (tertiary/aromatic N) is 5. The Balaban J connectivity index is 1.98. The van der Waals surface area contributed by atoms with Crippen molar-refractivity contribution >= 4 is 23.2 Å². The summed E-state index contributed by atoms with van der Waals surface area (Å²) in [6, 6.07) is 6.65. The summed E-state index contributed by atoms with van der Waals surface area (Å²) in [4.78, 5) is 20.5. The number of halogens is 1. The molecule has 172 valence electrons. The lowest BCUT2D eigenvalue weighted by molar-refractivity contribution is 0.100. The molecule has 0 spiro atoms. The number of rotatable bonds is 9. The van der Waals surface area contributed by atoms with Gasteiger partial charge < -0.3 is 16.4 Å². The third kappa shape index (κ3) is 5.44. The molecule has 0 aliphatic rings. The number of hydrogen-bond donors (Lipinski definition) is 3. The average Bonchev–Trinajstić information content (AvgIpc) is 3.12. The molecule has 3 rings (SSSR count). The van der Waals surface area contributed by atoms with Crippen molar-refractivity contribution in [3.63, 3.8) is 0 Å². The van der Waals surface area contributed by atoms with Crippen LogP contribution in [0.2, 0.25) is 0 Å². The van der Waals surface area contributed by atoms with E-state index in [2.05, 4.69) is 31.8 Å². The second-order valence-corrected chi connectivity index (χ2v) is 7.93. The number of hydrogen-bond acceptors (Lipinski definition) is 7. The van der Waals surface area contributed by atoms with E-state index in [4.69, 9.17) is 5.73 Å². The van der Waals surface area contributed by atoms with Crippen LogP contribution in [-0.2, 0) is 0 Å². The summed E-state index contributed by atoms with van der Waals surface area (Å²) in [5.41, 5.74) is 8.39. The van der Waals surface area contributed by atoms with Crippen molar-refractivity contribution in [1.82, 2.24) is 19.7 Å². The molecular weight excluding hydrogens is 423 g/mol. The highest BCUT2D eigenvalue weighted by Gasteiger charge is 2.21. The zero-order valence-corrected chi connectivity index (χ0v) is 19.1. The van der Waals surface area contributed by atoms with Gasteiger partial charge in [-0.2, -0.15) is 10.4 Å². The molecule has 0 aliphatic carbocycles. The predicted molar refractivity (Wildman–Crippen MR) is 124 cm³/mol. The summed E-state index contributed by atoms with van der Waals surface area (Å²) in [5.74, 6) is -1.90. The largest absolute Gasteiger partial charge is 0.365 e. The Morgan fingerprint density at radius 2 is 2.03 bits per heavy atom. The van der Waals surface area contributed by atoms with Crippen LogP contribution in [0.15, 0.2) is 30.6 Å². The van der Waals surface area contributed by atoms with Gasteiger partial charge in [0.1, 0.15) is 5.82 Å². The van der Waals surface area contributed by atoms with E-state index in [-0.39, 0.29) is 29.2 Å². The monoisotopic (exact) mass is 450 g/mol. The molecule has 0 fully saturated rings. The van der Waals surface area contributed by atoms with E-state index in [0.717, 1.165) is 23.9 Å². The van der Waals surface area contributed by atoms with Crippen molar-refractivity contribution in [2.45, 2.75) is 46.6 Å². The van der Waals surface area contributed by atoms with E-state index in [1.807, 2.05) is 26.8 Å². The van der Waals surface area contributed by atoms with Crippen molar-refractivity contribution in [2.24, 2.45) is 11.7 Å². The molecule has 10 heteroatoms. The Kier molecular flexibility index (Phi) is 7.23. The molecule has 1 amide bonds. The van der Waals surface area contributed by atoms with Crippen molar-refractivity contribution in [1.29, 1.82) is 5.26 Å². The number of aryl methyl sites for hydroxylation is 2. The molecule has 2 atom stereocenters. The lowest BCUT2D eigenvalue weighted by Crippen LogP contribution is -2.28. The number of amides is 1. The van der Waals surface area contributed by atoms with E-state index < -0.39 is 11.7 Å². The molecule has 0 saturated heterocycles. The first-order valence-corrected chi connectivity index (χ1v) is 10.7. The quantitative estimate of drug-likeness (QED) is 0.448. The fraction of sp³-hybridized carbons (Fsp3) is 0.348. The zero-order chi connectivity index (χ0) is 24.1. The fourth-order valence-electron chi connectivity index (χ4n) is 3.54. The summed E-state index contributed by atoms with van der Waals surface area (Å²) in [7, 11) is 0. The average molecular weight is 451 g/mol. The minimum atomic E-state index is -0.825. The highest BCUT2D eigenvalue weighted by molar-refractivity contribution is 5.98. The van der Waals surface area contributed by atoms with Crippen molar-refractivity contribution in [2.75, 3.05) is 10.6 Å². The molecule has 0 saturated carbocycles. The Hall–Kier alpha value is -4.00. The van der Waals surface area contributed by atoms with Gasteiger partial charge in [-0.05, 0) is 45.4 Å². The first-order chi connectivity index (χ1) is 15.7. The van der Waals surface area contributed by atoms with Gasteiger partial charge in [0, 0.05) is 11.7 Å². The number of aromatic nitrogens is 4. The number of nitrogens with two attached hydrogens (primary N) is 1. The van der Waals surface area contributed by atoms with Gasteiger partial charge in [-0.25, -0.2) is 14.1 Å². The third-order valence-corrected chi connectivity index (χ3v) is 5.21. The van der Waals surface area contributed by atoms with E-state index in [1.165, 1.54) is 0 Å². The van der Waals surface area contributed by atoms with Crippen molar-refractivity contribution in [3.05, 3.63) is 53.4 Å². The van der Waals surface area contributed by atoms with Gasteiger partial charge in [-0.1, -0.05) is 13.3 Å². The number of nitriles is 1. The Bertz CT molecular complexity index is 1200. The van der Waals surface area contributed by atoms with E-state index in [9.17, 15) is 14.4 Å². The van der Waals surface area contributed by atoms with Crippen LogP contribution in [0.1, 0.15) is 48.4 Å². The molecule has 0 aliphatic heterocycles. The second-order valence-electron chi connectivity index (χ2n) is 7.93. The minimum Gasteiger partial charge on any atom is -0.365 e. The van der Waals surface area contributed by atoms with Crippen LogP contribution in [0, 0.1) is 36.9 Å². The highest BCUT2D eigenvalue weighted by Crippen LogP contribution is 2.26. The fourth-order valence-corrected chi connectivity index (χ4v) is 3.54. The molecule has 0 aromatic carbocycles. The Morgan fingerprint density at radius 1 is 1.27 bits per heavy atom. The minimum absolute atomic E-state index is 0.0642. The maximum absolute atomic E-state index is 14.8. The Labute approximate surface area is 191 Å². The van der Waals surface area contributed by atoms with Crippen LogP contribution >= 0.6 is 0 Å². The number of primary amides is 1. The van der Waals surface area contributed by atoms with Crippen molar-refractivity contribution in [3.8, 4) is 11.8 Å². The lowest BCUT2D eigenvalue weighted by atomic mass is 9.99. The predicted octanol–water partition coefficient (Wildman–Crippen LogP) is 4.00. The second kappa shape index (κ2) is 10.1. The molecule has 33 heavy (non-hydrogen) atoms. The zero-order valence-electron chi connectivity index (χ0n) is 19.1. The standard InChI is InChI=1S/C23H27FN8O/c1-5-6-20(13(2)10-25)29-23-19(24)9-18(21(26)33)22(30-23)28-16-8-17(12-27-11-16)32-15(4)7-14(3)31-32/h7-9,11-13,20H,5-6H2,1-4H3,(H2,26,33)(H2,28,29,30)/t13-,20?/m1/s1. The summed E-state index contributed by atoms with van der Waals surface area (Å²) in [5, 5.41) is 19.8. The van der Waals surface area contributed by atoms with Gasteiger partial charge in [0.05, 0.1) is 47.0 Å².